The van der Waals surface area contributed by atoms with E-state index in [0.29, 0.717) is 43.9 Å². The lowest BCUT2D eigenvalue weighted by Gasteiger charge is -2.29. The second-order valence-electron chi connectivity index (χ2n) is 8.73. The number of hydrogen-bond donors (Lipinski definition) is 2. The Morgan fingerprint density at radius 3 is 2.61 bits per heavy atom. The number of fused-ring (bicyclic) bond motifs is 1. The van der Waals surface area contributed by atoms with E-state index in [9.17, 15) is 22.4 Å². The fourth-order valence-corrected chi connectivity index (χ4v) is 4.09. The molecule has 1 aliphatic rings. The number of aryl methyl sites for hydroxylation is 1. The number of aromatic amines is 1. The molecule has 2 heterocycles. The number of nitrogens with zero attached hydrogens (tertiary/aromatic N) is 3. The van der Waals surface area contributed by atoms with Gasteiger partial charge in [-0.1, -0.05) is 0 Å². The summed E-state index contributed by atoms with van der Waals surface area (Å²) < 4.78 is 71.9. The first-order valence-electron chi connectivity index (χ1n) is 11.6. The second-order valence-corrected chi connectivity index (χ2v) is 8.73. The SMILES string of the molecule is C[C@@H](COC1CCC(Oc2nc3c(F)cc(OCC(F)F)c(F)c3n2C)CC1)NC(=O)c1cn[nH]c1. The molecule has 1 atom stereocenters. The van der Waals surface area contributed by atoms with Crippen molar-refractivity contribution < 1.29 is 36.6 Å². The summed E-state index contributed by atoms with van der Waals surface area (Å²) in [6, 6.07) is 0.535. The molecule has 1 aromatic carbocycles. The molecule has 1 amide bonds. The minimum absolute atomic E-state index is 0.0111. The number of carbonyl (C=O) groups is 1. The first-order chi connectivity index (χ1) is 17.2. The van der Waals surface area contributed by atoms with Gasteiger partial charge in [0, 0.05) is 25.4 Å². The van der Waals surface area contributed by atoms with Gasteiger partial charge in [-0.25, -0.2) is 17.6 Å². The lowest BCUT2D eigenvalue weighted by molar-refractivity contribution is -0.00625. The van der Waals surface area contributed by atoms with Crippen molar-refractivity contribution in [2.75, 3.05) is 13.2 Å². The number of carbonyl (C=O) groups excluding carboxylic acids is 1. The van der Waals surface area contributed by atoms with Gasteiger partial charge in [-0.05, 0) is 32.6 Å². The Hall–Kier alpha value is -3.35. The van der Waals surface area contributed by atoms with Gasteiger partial charge < -0.3 is 19.5 Å². The van der Waals surface area contributed by atoms with Crippen LogP contribution in [0.5, 0.6) is 11.8 Å². The number of halogens is 4. The van der Waals surface area contributed by atoms with E-state index >= 15 is 0 Å². The third kappa shape index (κ3) is 5.89. The average molecular weight is 513 g/mol. The number of nitrogens with one attached hydrogen (secondary N) is 2. The fourth-order valence-electron chi connectivity index (χ4n) is 4.09. The third-order valence-corrected chi connectivity index (χ3v) is 5.94. The molecule has 0 aliphatic heterocycles. The first kappa shape index (κ1) is 25.7. The Morgan fingerprint density at radius 2 is 1.94 bits per heavy atom. The van der Waals surface area contributed by atoms with Crippen LogP contribution in [-0.2, 0) is 11.8 Å². The zero-order valence-corrected chi connectivity index (χ0v) is 19.8. The van der Waals surface area contributed by atoms with Crippen molar-refractivity contribution in [1.29, 1.82) is 0 Å². The van der Waals surface area contributed by atoms with Crippen LogP contribution in [0.25, 0.3) is 11.0 Å². The quantitative estimate of drug-likeness (QED) is 0.401. The van der Waals surface area contributed by atoms with Crippen molar-refractivity contribution >= 4 is 16.9 Å². The number of aromatic nitrogens is 4. The fraction of sp³-hybridized carbons (Fsp3) is 0.522. The van der Waals surface area contributed by atoms with Gasteiger partial charge in [-0.3, -0.25) is 14.5 Å². The van der Waals surface area contributed by atoms with Crippen molar-refractivity contribution in [2.24, 2.45) is 7.05 Å². The van der Waals surface area contributed by atoms with Crippen LogP contribution >= 0.6 is 0 Å². The zero-order valence-electron chi connectivity index (χ0n) is 19.8. The summed E-state index contributed by atoms with van der Waals surface area (Å²) in [7, 11) is 1.46. The van der Waals surface area contributed by atoms with Crippen LogP contribution < -0.4 is 14.8 Å². The second kappa shape index (κ2) is 11.1. The molecule has 0 unspecified atom stereocenters. The van der Waals surface area contributed by atoms with Crippen LogP contribution in [0.3, 0.4) is 0 Å². The van der Waals surface area contributed by atoms with Crippen molar-refractivity contribution in [3.8, 4) is 11.8 Å². The molecule has 3 aromatic rings. The van der Waals surface area contributed by atoms with Crippen LogP contribution in [0.1, 0.15) is 43.0 Å². The zero-order chi connectivity index (χ0) is 25.8. The molecule has 1 aliphatic carbocycles. The maximum atomic E-state index is 14.8. The van der Waals surface area contributed by atoms with Gasteiger partial charge >= 0.3 is 0 Å². The van der Waals surface area contributed by atoms with E-state index in [-0.39, 0.29) is 41.2 Å². The highest BCUT2D eigenvalue weighted by Gasteiger charge is 2.27. The number of benzene rings is 1. The van der Waals surface area contributed by atoms with Crippen LogP contribution in [-0.4, -0.2) is 63.5 Å². The minimum atomic E-state index is -2.82. The van der Waals surface area contributed by atoms with E-state index in [1.54, 1.807) is 0 Å². The molecular formula is C23H27F4N5O4. The molecule has 36 heavy (non-hydrogen) atoms. The molecular weight excluding hydrogens is 486 g/mol. The molecule has 9 nitrogen and oxygen atoms in total. The summed E-state index contributed by atoms with van der Waals surface area (Å²) in [6.45, 7) is 1.14. The van der Waals surface area contributed by atoms with Gasteiger partial charge in [0.1, 0.15) is 23.7 Å². The lowest BCUT2D eigenvalue weighted by atomic mass is 9.95. The lowest BCUT2D eigenvalue weighted by Crippen LogP contribution is -2.38. The topological polar surface area (TPSA) is 103 Å². The largest absolute Gasteiger partial charge is 0.484 e. The molecule has 196 valence electrons. The number of H-pyrrole nitrogens is 1. The van der Waals surface area contributed by atoms with Crippen molar-refractivity contribution in [2.45, 2.75) is 57.3 Å². The molecule has 2 aromatic heterocycles. The summed E-state index contributed by atoms with van der Waals surface area (Å²) in [5.74, 6) is -2.72. The molecule has 1 fully saturated rings. The number of rotatable bonds is 10. The van der Waals surface area contributed by atoms with Gasteiger partial charge in [0.2, 0.25) is 0 Å². The molecule has 0 bridgehead atoms. The van der Waals surface area contributed by atoms with Crippen molar-refractivity contribution in [1.82, 2.24) is 25.1 Å². The van der Waals surface area contributed by atoms with E-state index < -0.39 is 30.4 Å². The van der Waals surface area contributed by atoms with E-state index in [1.807, 2.05) is 6.92 Å². The van der Waals surface area contributed by atoms with Gasteiger partial charge in [-0.15, -0.1) is 0 Å². The Labute approximate surface area is 204 Å². The standard InChI is InChI=1S/C23H27F4N5O4/c1-12(30-22(33)13-8-28-29-9-13)10-34-14-3-5-15(6-4-14)36-23-31-20-16(24)7-17(35-11-18(25)26)19(27)21(20)32(23)2/h7-9,12,14-15,18H,3-6,10-11H2,1-2H3,(H,28,29)(H,30,33)/t12-,14?,15?/m0/s1. The summed E-state index contributed by atoms with van der Waals surface area (Å²) >= 11 is 0. The van der Waals surface area contributed by atoms with Gasteiger partial charge in [0.15, 0.2) is 17.4 Å². The highest BCUT2D eigenvalue weighted by Crippen LogP contribution is 2.33. The predicted octanol–water partition coefficient (Wildman–Crippen LogP) is 3.74. The molecule has 0 radical (unpaired) electrons. The molecule has 0 spiro atoms. The maximum absolute atomic E-state index is 14.8. The van der Waals surface area contributed by atoms with Gasteiger partial charge in [-0.2, -0.15) is 10.1 Å². The summed E-state index contributed by atoms with van der Waals surface area (Å²) in [5.41, 5.74) is -0.0475. The predicted molar refractivity (Wildman–Crippen MR) is 120 cm³/mol. The van der Waals surface area contributed by atoms with Crippen molar-refractivity contribution in [3.05, 3.63) is 35.7 Å². The van der Waals surface area contributed by atoms with Crippen LogP contribution in [0.4, 0.5) is 17.6 Å². The van der Waals surface area contributed by atoms with E-state index in [1.165, 1.54) is 24.0 Å². The molecule has 1 saturated carbocycles. The van der Waals surface area contributed by atoms with Gasteiger partial charge in [0.05, 0.1) is 24.5 Å². The van der Waals surface area contributed by atoms with Gasteiger partial charge in [0.25, 0.3) is 18.3 Å². The molecule has 0 saturated heterocycles. The number of alkyl halides is 2. The maximum Gasteiger partial charge on any atom is 0.297 e. The Balaban J connectivity index is 1.30. The van der Waals surface area contributed by atoms with Crippen molar-refractivity contribution in [3.63, 3.8) is 0 Å². The van der Waals surface area contributed by atoms with Crippen LogP contribution in [0.15, 0.2) is 18.5 Å². The highest BCUT2D eigenvalue weighted by molar-refractivity contribution is 5.93. The molecule has 4 rings (SSSR count). The average Bonchev–Trinajstić information content (AvgIpc) is 3.49. The first-order valence-corrected chi connectivity index (χ1v) is 11.6. The highest BCUT2D eigenvalue weighted by atomic mass is 19.3. The number of ether oxygens (including phenoxy) is 3. The van der Waals surface area contributed by atoms with Crippen LogP contribution in [0, 0.1) is 11.6 Å². The Bertz CT molecular complexity index is 1180. The number of amides is 1. The van der Waals surface area contributed by atoms with Crippen LogP contribution in [0.2, 0.25) is 0 Å². The molecule has 2 N–H and O–H groups in total. The number of imidazole rings is 1. The van der Waals surface area contributed by atoms with E-state index in [0.717, 1.165) is 0 Å². The Morgan fingerprint density at radius 1 is 1.22 bits per heavy atom. The smallest absolute Gasteiger partial charge is 0.297 e. The normalized spacial score (nSPS) is 19.0. The minimum Gasteiger partial charge on any atom is -0.484 e. The van der Waals surface area contributed by atoms with E-state index in [4.69, 9.17) is 14.2 Å². The van der Waals surface area contributed by atoms with E-state index in [2.05, 4.69) is 20.5 Å². The summed E-state index contributed by atoms with van der Waals surface area (Å²) in [5, 5.41) is 9.18. The monoisotopic (exact) mass is 513 g/mol. The Kier molecular flexibility index (Phi) is 7.97. The summed E-state index contributed by atoms with van der Waals surface area (Å²) in [6.07, 6.45) is 2.56. The molecule has 13 heteroatoms. The third-order valence-electron chi connectivity index (χ3n) is 5.94. The summed E-state index contributed by atoms with van der Waals surface area (Å²) in [4.78, 5) is 16.1. The number of hydrogen-bond acceptors (Lipinski definition) is 6.